The number of rotatable bonds is 6. The number of halogens is 1. The summed E-state index contributed by atoms with van der Waals surface area (Å²) >= 11 is 6.00. The maximum Gasteiger partial charge on any atom is 0.319 e. The van der Waals surface area contributed by atoms with Gasteiger partial charge in [-0.1, -0.05) is 41.9 Å². The normalized spacial score (nSPS) is 13.9. The van der Waals surface area contributed by atoms with Gasteiger partial charge < -0.3 is 16.0 Å². The number of fused-ring (bicyclic) bond motifs is 1. The first-order valence-electron chi connectivity index (χ1n) is 10.3. The molecule has 0 aromatic heterocycles. The molecule has 0 aliphatic carbocycles. The number of hydrogen-bond acceptors (Lipinski definition) is 4. The van der Waals surface area contributed by atoms with Crippen LogP contribution in [0.2, 0.25) is 5.02 Å². The monoisotopic (exact) mass is 469 g/mol. The van der Waals surface area contributed by atoms with Gasteiger partial charge in [-0.15, -0.1) is 0 Å². The van der Waals surface area contributed by atoms with Crippen LogP contribution >= 0.6 is 11.6 Å². The molecule has 1 heterocycles. The lowest BCUT2D eigenvalue weighted by atomic mass is 10.1. The fraction of sp³-hybridized carbons (Fsp3) is 0.208. The largest absolute Gasteiger partial charge is 0.331 e. The number of benzene rings is 3. The van der Waals surface area contributed by atoms with Crippen LogP contribution in [0.5, 0.6) is 0 Å². The summed E-state index contributed by atoms with van der Waals surface area (Å²) in [5, 5.41) is 9.43. The van der Waals surface area contributed by atoms with Crippen molar-refractivity contribution in [3.63, 3.8) is 0 Å². The molecule has 0 bridgehead atoms. The topological polar surface area (TPSA) is 87.3 Å². The predicted molar refractivity (Wildman–Crippen MR) is 126 cm³/mol. The van der Waals surface area contributed by atoms with Crippen molar-refractivity contribution < 1.29 is 13.2 Å². The van der Waals surface area contributed by atoms with E-state index in [1.807, 2.05) is 37.3 Å². The van der Waals surface area contributed by atoms with Crippen LogP contribution in [-0.2, 0) is 28.7 Å². The fourth-order valence-corrected chi connectivity index (χ4v) is 5.24. The van der Waals surface area contributed by atoms with Gasteiger partial charge in [0, 0.05) is 23.8 Å². The van der Waals surface area contributed by atoms with Gasteiger partial charge >= 0.3 is 6.03 Å². The van der Waals surface area contributed by atoms with E-state index in [2.05, 4.69) is 16.0 Å². The second-order valence-corrected chi connectivity index (χ2v) is 10.3. The van der Waals surface area contributed by atoms with Crippen LogP contribution in [0, 0.1) is 0 Å². The third kappa shape index (κ3) is 5.30. The average molecular weight is 470 g/mol. The minimum atomic E-state index is -3.50. The number of urea groups is 1. The molecule has 1 aliphatic rings. The van der Waals surface area contributed by atoms with Gasteiger partial charge in [0.25, 0.3) is 0 Å². The molecule has 166 valence electrons. The molecule has 0 saturated carbocycles. The summed E-state index contributed by atoms with van der Waals surface area (Å²) in [5.74, 6) is -0.0648. The number of nitrogens with one attached hydrogen (secondary N) is 3. The van der Waals surface area contributed by atoms with Gasteiger partial charge in [0.05, 0.1) is 16.7 Å². The Hall–Kier alpha value is -2.87. The second kappa shape index (κ2) is 9.32. The highest BCUT2D eigenvalue weighted by Crippen LogP contribution is 2.23. The van der Waals surface area contributed by atoms with E-state index in [0.29, 0.717) is 10.7 Å². The molecule has 0 saturated heterocycles. The summed E-state index contributed by atoms with van der Waals surface area (Å²) in [6, 6.07) is 18.6. The Balaban J connectivity index is 1.38. The quantitative estimate of drug-likeness (QED) is 0.484. The number of carbonyl (C=O) groups is 1. The lowest BCUT2D eigenvalue weighted by molar-refractivity contribution is 0.249. The van der Waals surface area contributed by atoms with Crippen LogP contribution in [0.3, 0.4) is 0 Å². The number of sulfone groups is 1. The van der Waals surface area contributed by atoms with Gasteiger partial charge in [-0.3, -0.25) is 0 Å². The lowest BCUT2D eigenvalue weighted by Gasteiger charge is -2.15. The Bertz CT molecular complexity index is 1240. The molecule has 1 atom stereocenters. The van der Waals surface area contributed by atoms with E-state index >= 15 is 0 Å². The first kappa shape index (κ1) is 22.3. The highest BCUT2D eigenvalue weighted by Gasteiger charge is 2.18. The second-order valence-electron chi connectivity index (χ2n) is 7.87. The minimum Gasteiger partial charge on any atom is -0.331 e. The highest BCUT2D eigenvalue weighted by molar-refractivity contribution is 7.90. The molecule has 3 N–H and O–H groups in total. The van der Waals surface area contributed by atoms with Gasteiger partial charge in [-0.2, -0.15) is 0 Å². The fourth-order valence-electron chi connectivity index (χ4n) is 3.71. The number of anilines is 1. The predicted octanol–water partition coefficient (Wildman–Crippen LogP) is 4.80. The van der Waals surface area contributed by atoms with Gasteiger partial charge in [0.15, 0.2) is 9.84 Å². The molecule has 1 unspecified atom stereocenters. The zero-order valence-corrected chi connectivity index (χ0v) is 19.1. The molecule has 3 aromatic carbocycles. The molecule has 4 rings (SSSR count). The average Bonchev–Trinajstić information content (AvgIpc) is 3.21. The third-order valence-electron chi connectivity index (χ3n) is 5.43. The van der Waals surface area contributed by atoms with Crippen LogP contribution in [0.4, 0.5) is 10.5 Å². The molecule has 6 nitrogen and oxygen atoms in total. The molecule has 0 fully saturated rings. The van der Waals surface area contributed by atoms with Crippen molar-refractivity contribution in [3.05, 3.63) is 94.0 Å². The Morgan fingerprint density at radius 1 is 1.03 bits per heavy atom. The maximum atomic E-state index is 12.8. The lowest BCUT2D eigenvalue weighted by Crippen LogP contribution is -2.31. The van der Waals surface area contributed by atoms with Crippen molar-refractivity contribution in [2.75, 3.05) is 5.32 Å². The van der Waals surface area contributed by atoms with E-state index in [1.165, 1.54) is 17.7 Å². The number of hydrogen-bond donors (Lipinski definition) is 3. The van der Waals surface area contributed by atoms with Gasteiger partial charge in [-0.25, -0.2) is 13.2 Å². The molecular weight excluding hydrogens is 446 g/mol. The van der Waals surface area contributed by atoms with Crippen LogP contribution in [0.25, 0.3) is 0 Å². The van der Waals surface area contributed by atoms with Crippen LogP contribution in [0.15, 0.2) is 71.6 Å². The Kier molecular flexibility index (Phi) is 6.50. The first-order chi connectivity index (χ1) is 15.3. The number of carbonyl (C=O) groups excluding carboxylic acids is 1. The van der Waals surface area contributed by atoms with Crippen LogP contribution in [0.1, 0.15) is 35.2 Å². The molecule has 32 heavy (non-hydrogen) atoms. The standard InChI is InChI=1S/C24H24ClN3O3S/c1-16(18-3-2-4-21(25)12-18)27-24(29)28-22-7-9-23(10-8-22)32(30,31)15-17-5-6-19-13-26-14-20(19)11-17/h2-12,16,26H,13-15H2,1H3,(H2,27,28,29). The van der Waals surface area contributed by atoms with E-state index < -0.39 is 9.84 Å². The van der Waals surface area contributed by atoms with Crippen molar-refractivity contribution in [1.29, 1.82) is 0 Å². The zero-order chi connectivity index (χ0) is 22.7. The van der Waals surface area contributed by atoms with Crippen molar-refractivity contribution in [2.45, 2.75) is 36.7 Å². The summed E-state index contributed by atoms with van der Waals surface area (Å²) in [6.45, 7) is 3.44. The SMILES string of the molecule is CC(NC(=O)Nc1ccc(S(=O)(=O)Cc2ccc3c(c2)CNC3)cc1)c1cccc(Cl)c1. The molecule has 3 aromatic rings. The highest BCUT2D eigenvalue weighted by atomic mass is 35.5. The van der Waals surface area contributed by atoms with E-state index in [9.17, 15) is 13.2 Å². The van der Waals surface area contributed by atoms with E-state index in [-0.39, 0.29) is 22.7 Å². The maximum absolute atomic E-state index is 12.8. The van der Waals surface area contributed by atoms with Crippen molar-refractivity contribution in [3.8, 4) is 0 Å². The van der Waals surface area contributed by atoms with Crippen molar-refractivity contribution >= 4 is 33.2 Å². The Morgan fingerprint density at radius 2 is 1.78 bits per heavy atom. The number of amides is 2. The molecule has 2 amide bonds. The Morgan fingerprint density at radius 3 is 2.53 bits per heavy atom. The summed E-state index contributed by atoms with van der Waals surface area (Å²) in [7, 11) is -3.50. The molecule has 0 spiro atoms. The minimum absolute atomic E-state index is 0.0648. The molecular formula is C24H24ClN3O3S. The van der Waals surface area contributed by atoms with E-state index in [0.717, 1.165) is 29.8 Å². The summed E-state index contributed by atoms with van der Waals surface area (Å²) in [5.41, 5.74) is 4.52. The van der Waals surface area contributed by atoms with Gasteiger partial charge in [-0.05, 0) is 65.6 Å². The Labute approximate surface area is 192 Å². The van der Waals surface area contributed by atoms with Crippen LogP contribution in [-0.4, -0.2) is 14.4 Å². The van der Waals surface area contributed by atoms with Crippen molar-refractivity contribution in [2.24, 2.45) is 0 Å². The van der Waals surface area contributed by atoms with E-state index in [1.54, 1.807) is 24.3 Å². The van der Waals surface area contributed by atoms with Crippen molar-refractivity contribution in [1.82, 2.24) is 10.6 Å². The summed E-state index contributed by atoms with van der Waals surface area (Å²) in [4.78, 5) is 12.5. The molecule has 1 aliphatic heterocycles. The van der Waals surface area contributed by atoms with E-state index in [4.69, 9.17) is 11.6 Å². The summed E-state index contributed by atoms with van der Waals surface area (Å²) < 4.78 is 25.7. The van der Waals surface area contributed by atoms with Gasteiger partial charge in [0.1, 0.15) is 0 Å². The van der Waals surface area contributed by atoms with Crippen LogP contribution < -0.4 is 16.0 Å². The third-order valence-corrected chi connectivity index (χ3v) is 7.36. The molecule has 0 radical (unpaired) electrons. The smallest absolute Gasteiger partial charge is 0.319 e. The first-order valence-corrected chi connectivity index (χ1v) is 12.3. The summed E-state index contributed by atoms with van der Waals surface area (Å²) in [6.07, 6.45) is 0. The van der Waals surface area contributed by atoms with Gasteiger partial charge in [0.2, 0.25) is 0 Å². The molecule has 8 heteroatoms. The zero-order valence-electron chi connectivity index (χ0n) is 17.6.